The summed E-state index contributed by atoms with van der Waals surface area (Å²) in [5.41, 5.74) is -0.285. The highest BCUT2D eigenvalue weighted by Crippen LogP contribution is 2.36. The summed E-state index contributed by atoms with van der Waals surface area (Å²) >= 11 is 17.0. The lowest BCUT2D eigenvalue weighted by molar-refractivity contribution is -0.137. The number of hydrogen-bond acceptors (Lipinski definition) is 3. The van der Waals surface area contributed by atoms with Crippen molar-refractivity contribution in [3.05, 3.63) is 46.1 Å². The lowest BCUT2D eigenvalue weighted by Gasteiger charge is -2.16. The number of aromatic nitrogens is 1. The first-order valence-electron chi connectivity index (χ1n) is 6.51. The smallest absolute Gasteiger partial charge is 0.417 e. The highest BCUT2D eigenvalue weighted by atomic mass is 35.5. The molecule has 0 saturated carbocycles. The summed E-state index contributed by atoms with van der Waals surface area (Å²) in [6, 6.07) is 5.44. The number of alkyl halides is 3. The van der Waals surface area contributed by atoms with Crippen LogP contribution in [0.1, 0.15) is 5.56 Å². The van der Waals surface area contributed by atoms with Crippen LogP contribution in [0.3, 0.4) is 0 Å². The molecule has 0 aliphatic rings. The molecule has 24 heavy (non-hydrogen) atoms. The maximum Gasteiger partial charge on any atom is 0.417 e. The number of nitrogens with zero attached hydrogens (tertiary/aromatic N) is 2. The number of benzene rings is 1. The first kappa shape index (κ1) is 18.8. The number of pyridine rings is 1. The van der Waals surface area contributed by atoms with Crippen LogP contribution >= 0.6 is 35.4 Å². The Hall–Kier alpha value is -1.57. The Bertz CT molecular complexity index is 782. The van der Waals surface area contributed by atoms with Crippen molar-refractivity contribution in [3.63, 3.8) is 0 Å². The zero-order valence-corrected chi connectivity index (χ0v) is 14.8. The molecule has 2 rings (SSSR count). The van der Waals surface area contributed by atoms with Crippen LogP contribution in [-0.2, 0) is 6.18 Å². The van der Waals surface area contributed by atoms with Gasteiger partial charge in [-0.25, -0.2) is 0 Å². The van der Waals surface area contributed by atoms with E-state index in [1.807, 2.05) is 0 Å². The molecular weight excluding hydrogens is 384 g/mol. The molecule has 0 aliphatic heterocycles. The van der Waals surface area contributed by atoms with Crippen LogP contribution in [0.4, 0.5) is 13.2 Å². The molecule has 0 saturated heterocycles. The molecule has 0 atom stereocenters. The Kier molecular flexibility index (Phi) is 5.57. The molecule has 0 spiro atoms. The first-order valence-corrected chi connectivity index (χ1v) is 7.68. The van der Waals surface area contributed by atoms with Gasteiger partial charge >= 0.3 is 6.18 Å². The van der Waals surface area contributed by atoms with Gasteiger partial charge in [-0.2, -0.15) is 13.2 Å². The molecule has 0 amide bonds. The fourth-order valence-electron chi connectivity index (χ4n) is 1.72. The van der Waals surface area contributed by atoms with E-state index in [9.17, 15) is 13.2 Å². The fraction of sp³-hybridized carbons (Fsp3) is 0.200. The van der Waals surface area contributed by atoms with Crippen LogP contribution in [0, 0.1) is 0 Å². The highest BCUT2D eigenvalue weighted by molar-refractivity contribution is 7.80. The lowest BCUT2D eigenvalue weighted by Crippen LogP contribution is -2.25. The standard InChI is InChI=1S/C15H11Cl2F3N2OS/c1-22(2)14(24)23-12-5-8(3-4-10(12)16)13-11(17)6-9(7-21-13)15(18,19)20/h3-7H,1-2H3. The second-order valence-corrected chi connectivity index (χ2v) is 6.12. The summed E-state index contributed by atoms with van der Waals surface area (Å²) < 4.78 is 43.5. The Morgan fingerprint density at radius 2 is 1.83 bits per heavy atom. The van der Waals surface area contributed by atoms with Gasteiger partial charge in [-0.05, 0) is 30.4 Å². The summed E-state index contributed by atoms with van der Waals surface area (Å²) in [5, 5.41) is 0.347. The molecule has 3 nitrogen and oxygen atoms in total. The van der Waals surface area contributed by atoms with E-state index in [0.29, 0.717) is 10.6 Å². The molecule has 0 radical (unpaired) electrons. The first-order chi connectivity index (χ1) is 11.1. The van der Waals surface area contributed by atoms with Crippen LogP contribution in [-0.4, -0.2) is 29.2 Å². The predicted octanol–water partition coefficient (Wildman–Crippen LogP) is 5.30. The van der Waals surface area contributed by atoms with Crippen molar-refractivity contribution < 1.29 is 17.9 Å². The zero-order valence-electron chi connectivity index (χ0n) is 12.5. The predicted molar refractivity (Wildman–Crippen MR) is 91.6 cm³/mol. The number of thiocarbonyl (C=S) groups is 1. The summed E-state index contributed by atoms with van der Waals surface area (Å²) in [4.78, 5) is 5.38. The third-order valence-electron chi connectivity index (χ3n) is 2.94. The van der Waals surface area contributed by atoms with Crippen LogP contribution in [0.2, 0.25) is 10.0 Å². The summed E-state index contributed by atoms with van der Waals surface area (Å²) in [6.45, 7) is 0. The minimum Gasteiger partial charge on any atom is -0.430 e. The number of halogens is 5. The third-order valence-corrected chi connectivity index (χ3v) is 3.98. The zero-order chi connectivity index (χ0) is 18.1. The van der Waals surface area contributed by atoms with Gasteiger partial charge in [0.2, 0.25) is 0 Å². The van der Waals surface area contributed by atoms with Crippen molar-refractivity contribution in [2.24, 2.45) is 0 Å². The number of rotatable bonds is 2. The molecule has 0 unspecified atom stereocenters. The van der Waals surface area contributed by atoms with Gasteiger partial charge < -0.3 is 9.64 Å². The molecule has 1 aromatic heterocycles. The fourth-order valence-corrected chi connectivity index (χ4v) is 2.24. The highest BCUT2D eigenvalue weighted by Gasteiger charge is 2.31. The maximum atomic E-state index is 12.7. The second kappa shape index (κ2) is 7.13. The van der Waals surface area contributed by atoms with Gasteiger partial charge in [0, 0.05) is 25.9 Å². The van der Waals surface area contributed by atoms with E-state index in [4.69, 9.17) is 40.2 Å². The molecule has 0 N–H and O–H groups in total. The van der Waals surface area contributed by atoms with Crippen molar-refractivity contribution >= 4 is 40.6 Å². The van der Waals surface area contributed by atoms with Crippen molar-refractivity contribution in [1.82, 2.24) is 9.88 Å². The van der Waals surface area contributed by atoms with Crippen LogP contribution in [0.5, 0.6) is 5.75 Å². The van der Waals surface area contributed by atoms with E-state index in [1.165, 1.54) is 12.1 Å². The van der Waals surface area contributed by atoms with Gasteiger partial charge in [0.1, 0.15) is 5.75 Å². The molecule has 9 heteroatoms. The molecule has 0 aliphatic carbocycles. The largest absolute Gasteiger partial charge is 0.430 e. The Balaban J connectivity index is 2.41. The van der Waals surface area contributed by atoms with E-state index < -0.39 is 11.7 Å². The number of hydrogen-bond donors (Lipinski definition) is 0. The minimum absolute atomic E-state index is 0.131. The Labute approximate surface area is 152 Å². The molecular formula is C15H11Cl2F3N2OS. The van der Waals surface area contributed by atoms with E-state index in [2.05, 4.69) is 4.98 Å². The average Bonchev–Trinajstić information content (AvgIpc) is 2.48. The molecule has 1 heterocycles. The van der Waals surface area contributed by atoms with E-state index in [-0.39, 0.29) is 21.6 Å². The van der Waals surface area contributed by atoms with Crippen molar-refractivity contribution in [2.75, 3.05) is 14.1 Å². The Morgan fingerprint density at radius 3 is 2.38 bits per heavy atom. The van der Waals surface area contributed by atoms with Crippen molar-refractivity contribution in [2.45, 2.75) is 6.18 Å². The summed E-state index contributed by atoms with van der Waals surface area (Å²) in [5.74, 6) is 0.255. The third kappa shape index (κ3) is 4.28. The second-order valence-electron chi connectivity index (χ2n) is 4.96. The normalized spacial score (nSPS) is 11.3. The van der Waals surface area contributed by atoms with E-state index >= 15 is 0 Å². The molecule has 0 bridgehead atoms. The SMILES string of the molecule is CN(C)C(=S)Oc1cc(-c2ncc(C(F)(F)F)cc2Cl)ccc1Cl. The van der Waals surface area contributed by atoms with Crippen molar-refractivity contribution in [3.8, 4) is 17.0 Å². The van der Waals surface area contributed by atoms with Crippen LogP contribution in [0.25, 0.3) is 11.3 Å². The molecule has 128 valence electrons. The van der Waals surface area contributed by atoms with Gasteiger partial charge in [0.15, 0.2) is 0 Å². The number of ether oxygens (including phenoxy) is 1. The monoisotopic (exact) mass is 394 g/mol. The molecule has 1 aromatic carbocycles. The quantitative estimate of drug-likeness (QED) is 0.645. The maximum absolute atomic E-state index is 12.7. The van der Waals surface area contributed by atoms with Crippen molar-refractivity contribution in [1.29, 1.82) is 0 Å². The minimum atomic E-state index is -4.51. The van der Waals surface area contributed by atoms with Gasteiger partial charge in [-0.1, -0.05) is 29.3 Å². The summed E-state index contributed by atoms with van der Waals surface area (Å²) in [6.07, 6.45) is -3.79. The van der Waals surface area contributed by atoms with E-state index in [0.717, 1.165) is 12.3 Å². The molecule has 2 aromatic rings. The summed E-state index contributed by atoms with van der Waals surface area (Å²) in [7, 11) is 3.41. The van der Waals surface area contributed by atoms with Gasteiger partial charge in [-0.3, -0.25) is 4.98 Å². The van der Waals surface area contributed by atoms with E-state index in [1.54, 1.807) is 25.1 Å². The molecule has 0 fully saturated rings. The van der Waals surface area contributed by atoms with Gasteiger partial charge in [0.05, 0.1) is 21.3 Å². The topological polar surface area (TPSA) is 25.4 Å². The van der Waals surface area contributed by atoms with Crippen LogP contribution < -0.4 is 4.74 Å². The van der Waals surface area contributed by atoms with Gasteiger partial charge in [-0.15, -0.1) is 0 Å². The lowest BCUT2D eigenvalue weighted by atomic mass is 10.1. The van der Waals surface area contributed by atoms with Crippen LogP contribution in [0.15, 0.2) is 30.5 Å². The average molecular weight is 395 g/mol. The van der Waals surface area contributed by atoms with Gasteiger partial charge in [0.25, 0.3) is 5.17 Å². The Morgan fingerprint density at radius 1 is 1.17 bits per heavy atom.